The number of nitrogens with zero attached hydrogens (tertiary/aromatic N) is 2. The van der Waals surface area contributed by atoms with E-state index in [9.17, 15) is 28.1 Å². The van der Waals surface area contributed by atoms with Crippen LogP contribution in [-0.2, 0) is 19.6 Å². The van der Waals surface area contributed by atoms with Gasteiger partial charge in [-0.3, -0.25) is 14.9 Å². The third-order valence-corrected chi connectivity index (χ3v) is 6.02. The summed E-state index contributed by atoms with van der Waals surface area (Å²) < 4.78 is 30.7. The number of hydrogen-bond donors (Lipinski definition) is 1. The minimum Gasteiger partial charge on any atom is -0.449 e. The van der Waals surface area contributed by atoms with Crippen LogP contribution in [0.5, 0.6) is 0 Å². The number of aryl methyl sites for hydroxylation is 1. The number of amides is 1. The van der Waals surface area contributed by atoms with E-state index < -0.39 is 32.9 Å². The minimum atomic E-state index is -3.69. The van der Waals surface area contributed by atoms with Crippen molar-refractivity contribution in [3.63, 3.8) is 0 Å². The highest BCUT2D eigenvalue weighted by molar-refractivity contribution is 7.89. The second kappa shape index (κ2) is 9.01. The highest BCUT2D eigenvalue weighted by atomic mass is 32.2. The zero-order chi connectivity index (χ0) is 22.6. The van der Waals surface area contributed by atoms with E-state index in [2.05, 4.69) is 5.32 Å². The Labute approximate surface area is 173 Å². The Bertz CT molecular complexity index is 1080. The van der Waals surface area contributed by atoms with Crippen LogP contribution in [0.25, 0.3) is 0 Å². The first-order valence-electron chi connectivity index (χ1n) is 8.73. The zero-order valence-corrected chi connectivity index (χ0v) is 17.6. The molecule has 2 rings (SSSR count). The molecule has 0 aromatic heterocycles. The number of ether oxygens (including phenoxy) is 1. The van der Waals surface area contributed by atoms with Gasteiger partial charge in [0, 0.05) is 31.9 Å². The van der Waals surface area contributed by atoms with E-state index in [0.717, 1.165) is 16.4 Å². The summed E-state index contributed by atoms with van der Waals surface area (Å²) in [7, 11) is -0.896. The molecule has 0 aliphatic rings. The van der Waals surface area contributed by atoms with Crippen LogP contribution in [0.15, 0.2) is 47.4 Å². The summed E-state index contributed by atoms with van der Waals surface area (Å²) >= 11 is 0. The largest absolute Gasteiger partial charge is 0.449 e. The monoisotopic (exact) mass is 435 g/mol. The number of non-ortho nitro benzene ring substituents is 1. The van der Waals surface area contributed by atoms with E-state index in [0.29, 0.717) is 5.56 Å². The van der Waals surface area contributed by atoms with E-state index in [1.54, 1.807) is 13.0 Å². The number of nitro groups is 1. The summed E-state index contributed by atoms with van der Waals surface area (Å²) in [5.41, 5.74) is 0.756. The SMILES string of the molecule is Cc1ccc(S(=O)(=O)N(C)C)cc1NC(=O)[C@H](C)OC(=O)c1ccc([N+](=O)[O-])cc1. The normalized spacial score (nSPS) is 12.3. The lowest BCUT2D eigenvalue weighted by Gasteiger charge is -2.17. The Kier molecular flexibility index (Phi) is 6.90. The molecule has 2 aromatic carbocycles. The van der Waals surface area contributed by atoms with Crippen LogP contribution in [-0.4, -0.2) is 49.7 Å². The minimum absolute atomic E-state index is 0.00364. The summed E-state index contributed by atoms with van der Waals surface area (Å²) in [6, 6.07) is 9.07. The summed E-state index contributed by atoms with van der Waals surface area (Å²) in [4.78, 5) is 34.7. The van der Waals surface area contributed by atoms with E-state index >= 15 is 0 Å². The fraction of sp³-hybridized carbons (Fsp3) is 0.263. The van der Waals surface area contributed by atoms with Crippen molar-refractivity contribution < 1.29 is 27.7 Å². The van der Waals surface area contributed by atoms with E-state index in [-0.39, 0.29) is 21.8 Å². The van der Waals surface area contributed by atoms with Gasteiger partial charge in [0.05, 0.1) is 15.4 Å². The van der Waals surface area contributed by atoms with Gasteiger partial charge in [0.15, 0.2) is 6.10 Å². The van der Waals surface area contributed by atoms with Gasteiger partial charge >= 0.3 is 5.97 Å². The molecule has 0 saturated heterocycles. The molecule has 1 atom stereocenters. The number of esters is 1. The molecular formula is C19H21N3O7S. The number of nitro benzene ring substituents is 1. The van der Waals surface area contributed by atoms with Gasteiger partial charge in [0.2, 0.25) is 10.0 Å². The smallest absolute Gasteiger partial charge is 0.338 e. The maximum Gasteiger partial charge on any atom is 0.338 e. The highest BCUT2D eigenvalue weighted by Crippen LogP contribution is 2.22. The Hall–Kier alpha value is -3.31. The number of benzene rings is 2. The number of carbonyl (C=O) groups excluding carboxylic acids is 2. The Morgan fingerprint density at radius 3 is 2.27 bits per heavy atom. The average Bonchev–Trinajstić information content (AvgIpc) is 2.69. The van der Waals surface area contributed by atoms with Crippen molar-refractivity contribution in [3.8, 4) is 0 Å². The maximum absolute atomic E-state index is 12.4. The van der Waals surface area contributed by atoms with Crippen LogP contribution >= 0.6 is 0 Å². The number of nitrogens with one attached hydrogen (secondary N) is 1. The third kappa shape index (κ3) is 5.19. The number of sulfonamides is 1. The lowest BCUT2D eigenvalue weighted by atomic mass is 10.2. The van der Waals surface area contributed by atoms with Crippen LogP contribution in [0.2, 0.25) is 0 Å². The van der Waals surface area contributed by atoms with Crippen molar-refractivity contribution in [1.29, 1.82) is 0 Å². The molecule has 2 aromatic rings. The van der Waals surface area contributed by atoms with Gasteiger partial charge in [0.25, 0.3) is 11.6 Å². The lowest BCUT2D eigenvalue weighted by molar-refractivity contribution is -0.384. The Balaban J connectivity index is 2.12. The number of carbonyl (C=O) groups is 2. The van der Waals surface area contributed by atoms with Gasteiger partial charge in [-0.25, -0.2) is 17.5 Å². The predicted octanol–water partition coefficient (Wildman–Crippen LogP) is 2.34. The summed E-state index contributed by atoms with van der Waals surface area (Å²) in [6.45, 7) is 3.05. The molecule has 0 saturated carbocycles. The third-order valence-electron chi connectivity index (χ3n) is 4.21. The molecule has 11 heteroatoms. The average molecular weight is 435 g/mol. The zero-order valence-electron chi connectivity index (χ0n) is 16.8. The fourth-order valence-corrected chi connectivity index (χ4v) is 3.27. The van der Waals surface area contributed by atoms with Crippen molar-refractivity contribution >= 4 is 33.3 Å². The quantitative estimate of drug-likeness (QED) is 0.400. The van der Waals surface area contributed by atoms with Gasteiger partial charge in [-0.2, -0.15) is 0 Å². The molecule has 0 fully saturated rings. The first-order chi connectivity index (χ1) is 13.9. The number of rotatable bonds is 7. The summed E-state index contributed by atoms with van der Waals surface area (Å²) in [5, 5.41) is 13.2. The van der Waals surface area contributed by atoms with E-state index in [1.807, 2.05) is 0 Å². The van der Waals surface area contributed by atoms with Crippen LogP contribution < -0.4 is 5.32 Å². The van der Waals surface area contributed by atoms with Gasteiger partial charge in [-0.05, 0) is 43.7 Å². The Morgan fingerprint density at radius 2 is 1.73 bits per heavy atom. The van der Waals surface area contributed by atoms with Crippen molar-refractivity contribution in [2.45, 2.75) is 24.8 Å². The molecule has 10 nitrogen and oxygen atoms in total. The lowest BCUT2D eigenvalue weighted by Crippen LogP contribution is -2.30. The van der Waals surface area contributed by atoms with Crippen molar-refractivity contribution in [1.82, 2.24) is 4.31 Å². The maximum atomic E-state index is 12.4. The molecule has 0 bridgehead atoms. The molecule has 0 radical (unpaired) electrons. The van der Waals surface area contributed by atoms with E-state index in [4.69, 9.17) is 4.74 Å². The van der Waals surface area contributed by atoms with Gasteiger partial charge in [-0.1, -0.05) is 6.07 Å². The topological polar surface area (TPSA) is 136 Å². The highest BCUT2D eigenvalue weighted by Gasteiger charge is 2.22. The molecule has 160 valence electrons. The summed E-state index contributed by atoms with van der Waals surface area (Å²) in [6.07, 6.45) is -1.19. The van der Waals surface area contributed by atoms with E-state index in [1.165, 1.54) is 45.3 Å². The van der Waals surface area contributed by atoms with Crippen molar-refractivity contribution in [2.75, 3.05) is 19.4 Å². The number of anilines is 1. The fourth-order valence-electron chi connectivity index (χ4n) is 2.34. The van der Waals surface area contributed by atoms with Crippen molar-refractivity contribution in [2.24, 2.45) is 0 Å². The number of hydrogen-bond acceptors (Lipinski definition) is 7. The van der Waals surface area contributed by atoms with Crippen LogP contribution in [0.1, 0.15) is 22.8 Å². The van der Waals surface area contributed by atoms with Crippen molar-refractivity contribution in [3.05, 3.63) is 63.7 Å². The molecule has 1 amide bonds. The molecule has 0 aliphatic carbocycles. The molecule has 0 heterocycles. The standard InChI is InChI=1S/C19H21N3O7S/c1-12-5-10-16(30(27,28)21(3)4)11-17(12)20-18(23)13(2)29-19(24)14-6-8-15(9-7-14)22(25)26/h5-11,13H,1-4H3,(H,20,23)/t13-/m0/s1. The first kappa shape index (κ1) is 23.0. The van der Waals surface area contributed by atoms with Gasteiger partial charge in [-0.15, -0.1) is 0 Å². The predicted molar refractivity (Wildman–Crippen MR) is 109 cm³/mol. The molecule has 0 aliphatic heterocycles. The van der Waals surface area contributed by atoms with Gasteiger partial charge in [0.1, 0.15) is 0 Å². The molecule has 0 spiro atoms. The molecule has 30 heavy (non-hydrogen) atoms. The first-order valence-corrected chi connectivity index (χ1v) is 10.2. The Morgan fingerprint density at radius 1 is 1.13 bits per heavy atom. The van der Waals surface area contributed by atoms with Crippen LogP contribution in [0.3, 0.4) is 0 Å². The molecule has 1 N–H and O–H groups in total. The second-order valence-corrected chi connectivity index (χ2v) is 8.76. The van der Waals surface area contributed by atoms with Crippen LogP contribution in [0.4, 0.5) is 11.4 Å². The summed E-state index contributed by atoms with van der Waals surface area (Å²) in [5.74, 6) is -1.49. The second-order valence-electron chi connectivity index (χ2n) is 6.60. The van der Waals surface area contributed by atoms with Gasteiger partial charge < -0.3 is 10.1 Å². The molecular weight excluding hydrogens is 414 g/mol. The molecule has 0 unspecified atom stereocenters. The van der Waals surface area contributed by atoms with Crippen LogP contribution in [0, 0.1) is 17.0 Å².